The third-order valence-corrected chi connectivity index (χ3v) is 3.82. The molecule has 6 nitrogen and oxygen atoms in total. The Morgan fingerprint density at radius 2 is 1.77 bits per heavy atom. The summed E-state index contributed by atoms with van der Waals surface area (Å²) in [6.45, 7) is 4.04. The molecule has 7 heteroatoms. The summed E-state index contributed by atoms with van der Waals surface area (Å²) in [6, 6.07) is 10.5. The maximum atomic E-state index is 13.3. The van der Waals surface area contributed by atoms with Crippen molar-refractivity contribution in [2.45, 2.75) is 13.8 Å². The minimum Gasteiger partial charge on any atom is -0.494 e. The van der Waals surface area contributed by atoms with E-state index < -0.39 is 17.6 Å². The van der Waals surface area contributed by atoms with Crippen LogP contribution in [0.1, 0.15) is 33.4 Å². The van der Waals surface area contributed by atoms with E-state index in [9.17, 15) is 14.0 Å². The molecule has 0 fully saturated rings. The number of aryl methyl sites for hydroxylation is 1. The van der Waals surface area contributed by atoms with Crippen molar-refractivity contribution in [3.8, 4) is 5.75 Å². The SMILES string of the molecule is CCOc1ccc(C(=O)NNC(=O)c2oc3ccc(F)cc3c2C)cc1. The average molecular weight is 356 g/mol. The molecular weight excluding hydrogens is 339 g/mol. The number of halogens is 1. The van der Waals surface area contributed by atoms with Crippen LogP contribution in [-0.4, -0.2) is 18.4 Å². The Kier molecular flexibility index (Phi) is 4.88. The number of amides is 2. The van der Waals surface area contributed by atoms with Gasteiger partial charge in [-0.1, -0.05) is 0 Å². The van der Waals surface area contributed by atoms with Gasteiger partial charge >= 0.3 is 5.91 Å². The molecule has 0 atom stereocenters. The molecule has 0 aliphatic carbocycles. The molecule has 1 aromatic heterocycles. The highest BCUT2D eigenvalue weighted by Crippen LogP contribution is 2.25. The topological polar surface area (TPSA) is 80.6 Å². The molecule has 2 aromatic carbocycles. The Morgan fingerprint density at radius 3 is 2.46 bits per heavy atom. The molecule has 0 radical (unpaired) electrons. The molecule has 3 aromatic rings. The fourth-order valence-corrected chi connectivity index (χ4v) is 2.52. The standard InChI is InChI=1S/C19H17FN2O4/c1-3-25-14-7-4-12(5-8-14)18(23)21-22-19(24)17-11(2)15-10-13(20)6-9-16(15)26-17/h4-10H,3H2,1-2H3,(H,21,23)(H,22,24). The number of hydrogen-bond donors (Lipinski definition) is 2. The van der Waals surface area contributed by atoms with Crippen molar-refractivity contribution in [3.05, 3.63) is 65.2 Å². The Hall–Kier alpha value is -3.35. The van der Waals surface area contributed by atoms with Gasteiger partial charge in [0.05, 0.1) is 6.61 Å². The van der Waals surface area contributed by atoms with Crippen LogP contribution in [0.2, 0.25) is 0 Å². The number of benzene rings is 2. The zero-order valence-corrected chi connectivity index (χ0v) is 14.3. The lowest BCUT2D eigenvalue weighted by Crippen LogP contribution is -2.41. The number of hydrazine groups is 1. The summed E-state index contributed by atoms with van der Waals surface area (Å²) >= 11 is 0. The first-order valence-electron chi connectivity index (χ1n) is 8.01. The minimum absolute atomic E-state index is 0.0117. The lowest BCUT2D eigenvalue weighted by Gasteiger charge is -2.07. The van der Waals surface area contributed by atoms with Crippen molar-refractivity contribution in [2.24, 2.45) is 0 Å². The number of nitrogens with one attached hydrogen (secondary N) is 2. The molecular formula is C19H17FN2O4. The lowest BCUT2D eigenvalue weighted by atomic mass is 10.1. The Labute approximate surface area is 148 Å². The Morgan fingerprint density at radius 1 is 1.08 bits per heavy atom. The molecule has 26 heavy (non-hydrogen) atoms. The van der Waals surface area contributed by atoms with Crippen LogP contribution in [0.5, 0.6) is 5.75 Å². The summed E-state index contributed by atoms with van der Waals surface area (Å²) in [5.41, 5.74) is 5.86. The van der Waals surface area contributed by atoms with Gasteiger partial charge in [-0.05, 0) is 56.3 Å². The number of furan rings is 1. The molecule has 0 aliphatic heterocycles. The van der Waals surface area contributed by atoms with E-state index in [0.717, 1.165) is 0 Å². The highest BCUT2D eigenvalue weighted by molar-refractivity contribution is 6.01. The van der Waals surface area contributed by atoms with Crippen LogP contribution in [0.4, 0.5) is 4.39 Å². The van der Waals surface area contributed by atoms with Gasteiger partial charge in [-0.3, -0.25) is 20.4 Å². The third kappa shape index (κ3) is 3.51. The normalized spacial score (nSPS) is 10.6. The zero-order chi connectivity index (χ0) is 18.7. The van der Waals surface area contributed by atoms with E-state index in [-0.39, 0.29) is 5.76 Å². The fourth-order valence-electron chi connectivity index (χ4n) is 2.52. The van der Waals surface area contributed by atoms with Gasteiger partial charge in [-0.25, -0.2) is 4.39 Å². The minimum atomic E-state index is -0.626. The number of rotatable bonds is 4. The van der Waals surface area contributed by atoms with Crippen LogP contribution < -0.4 is 15.6 Å². The van der Waals surface area contributed by atoms with E-state index in [2.05, 4.69) is 10.9 Å². The van der Waals surface area contributed by atoms with Crippen LogP contribution in [0.25, 0.3) is 11.0 Å². The van der Waals surface area contributed by atoms with Gasteiger partial charge in [0.15, 0.2) is 5.76 Å². The first kappa shape index (κ1) is 17.5. The quantitative estimate of drug-likeness (QED) is 0.703. The molecule has 134 valence electrons. The van der Waals surface area contributed by atoms with Crippen molar-refractivity contribution in [2.75, 3.05) is 6.61 Å². The van der Waals surface area contributed by atoms with Crippen molar-refractivity contribution in [1.82, 2.24) is 10.9 Å². The summed E-state index contributed by atoms with van der Waals surface area (Å²) in [6.07, 6.45) is 0. The van der Waals surface area contributed by atoms with Gasteiger partial charge in [0.1, 0.15) is 17.1 Å². The van der Waals surface area contributed by atoms with Gasteiger partial charge in [0.2, 0.25) is 0 Å². The predicted octanol–water partition coefficient (Wildman–Crippen LogP) is 3.35. The van der Waals surface area contributed by atoms with E-state index in [4.69, 9.17) is 9.15 Å². The Balaban J connectivity index is 1.68. The molecule has 2 N–H and O–H groups in total. The molecule has 0 saturated carbocycles. The fraction of sp³-hybridized carbons (Fsp3) is 0.158. The number of carbonyl (C=O) groups is 2. The smallest absolute Gasteiger partial charge is 0.305 e. The van der Waals surface area contributed by atoms with Crippen molar-refractivity contribution >= 4 is 22.8 Å². The van der Waals surface area contributed by atoms with E-state index >= 15 is 0 Å². The monoisotopic (exact) mass is 356 g/mol. The van der Waals surface area contributed by atoms with Gasteiger partial charge in [0.25, 0.3) is 5.91 Å². The molecule has 0 aliphatic rings. The Bertz CT molecular complexity index is 964. The predicted molar refractivity (Wildman–Crippen MR) is 93.5 cm³/mol. The first-order valence-corrected chi connectivity index (χ1v) is 8.01. The van der Waals surface area contributed by atoms with Crippen LogP contribution in [0.3, 0.4) is 0 Å². The number of hydrogen-bond acceptors (Lipinski definition) is 4. The second-order valence-corrected chi connectivity index (χ2v) is 5.56. The number of ether oxygens (including phenoxy) is 1. The van der Waals surface area contributed by atoms with Gasteiger partial charge in [-0.15, -0.1) is 0 Å². The highest BCUT2D eigenvalue weighted by Gasteiger charge is 2.18. The maximum Gasteiger partial charge on any atom is 0.305 e. The molecule has 3 rings (SSSR count). The summed E-state index contributed by atoms with van der Waals surface area (Å²) in [4.78, 5) is 24.4. The van der Waals surface area contributed by atoms with Gasteiger partial charge in [-0.2, -0.15) is 0 Å². The number of carbonyl (C=O) groups excluding carboxylic acids is 2. The van der Waals surface area contributed by atoms with Crippen LogP contribution in [0.15, 0.2) is 46.9 Å². The summed E-state index contributed by atoms with van der Waals surface area (Å²) < 4.78 is 24.1. The molecule has 0 saturated heterocycles. The second kappa shape index (κ2) is 7.26. The molecule has 0 spiro atoms. The summed E-state index contributed by atoms with van der Waals surface area (Å²) in [5, 5.41) is 0.507. The van der Waals surface area contributed by atoms with E-state index in [0.29, 0.717) is 34.5 Å². The molecule has 0 unspecified atom stereocenters. The van der Waals surface area contributed by atoms with E-state index in [1.807, 2.05) is 6.92 Å². The first-order chi connectivity index (χ1) is 12.5. The van der Waals surface area contributed by atoms with Crippen molar-refractivity contribution in [3.63, 3.8) is 0 Å². The van der Waals surface area contributed by atoms with Crippen molar-refractivity contribution < 1.29 is 23.1 Å². The van der Waals surface area contributed by atoms with Crippen LogP contribution >= 0.6 is 0 Å². The summed E-state index contributed by atoms with van der Waals surface area (Å²) in [7, 11) is 0. The van der Waals surface area contributed by atoms with Gasteiger partial charge < -0.3 is 9.15 Å². The summed E-state index contributed by atoms with van der Waals surface area (Å²) in [5.74, 6) is -0.868. The van der Waals surface area contributed by atoms with E-state index in [1.165, 1.54) is 18.2 Å². The maximum absolute atomic E-state index is 13.3. The zero-order valence-electron chi connectivity index (χ0n) is 14.3. The van der Waals surface area contributed by atoms with Crippen LogP contribution in [0, 0.1) is 12.7 Å². The second-order valence-electron chi connectivity index (χ2n) is 5.56. The lowest BCUT2D eigenvalue weighted by molar-refractivity contribution is 0.0831. The molecule has 2 amide bonds. The highest BCUT2D eigenvalue weighted by atomic mass is 19.1. The average Bonchev–Trinajstić information content (AvgIpc) is 2.97. The molecule has 0 bridgehead atoms. The molecule has 1 heterocycles. The van der Waals surface area contributed by atoms with Crippen molar-refractivity contribution in [1.29, 1.82) is 0 Å². The largest absolute Gasteiger partial charge is 0.494 e. The van der Waals surface area contributed by atoms with Crippen LogP contribution in [-0.2, 0) is 0 Å². The van der Waals surface area contributed by atoms with E-state index in [1.54, 1.807) is 31.2 Å². The van der Waals surface area contributed by atoms with Gasteiger partial charge in [0, 0.05) is 16.5 Å². The number of fused-ring (bicyclic) bond motifs is 1. The third-order valence-electron chi connectivity index (χ3n) is 3.82.